The average Bonchev–Trinajstić information content (AvgIpc) is 2.76. The molecule has 0 bridgehead atoms. The quantitative estimate of drug-likeness (QED) is 0.746. The fourth-order valence-electron chi connectivity index (χ4n) is 1.60. The summed E-state index contributed by atoms with van der Waals surface area (Å²) in [4.78, 5) is 18.3. The van der Waals surface area contributed by atoms with E-state index in [1.165, 1.54) is 19.3 Å². The fourth-order valence-corrected chi connectivity index (χ4v) is 1.60. The van der Waals surface area contributed by atoms with E-state index in [4.69, 9.17) is 0 Å². The van der Waals surface area contributed by atoms with Gasteiger partial charge in [0.15, 0.2) is 0 Å². The van der Waals surface area contributed by atoms with Gasteiger partial charge in [-0.25, -0.2) is 4.98 Å². The van der Waals surface area contributed by atoms with Gasteiger partial charge in [0.1, 0.15) is 0 Å². The second kappa shape index (κ2) is 7.04. The molecule has 0 aromatic carbocycles. The van der Waals surface area contributed by atoms with E-state index < -0.39 is 0 Å². The van der Waals surface area contributed by atoms with E-state index >= 15 is 0 Å². The van der Waals surface area contributed by atoms with Crippen molar-refractivity contribution in [2.45, 2.75) is 46.0 Å². The summed E-state index contributed by atoms with van der Waals surface area (Å²) in [5.74, 6) is 1.20. The van der Waals surface area contributed by atoms with Crippen LogP contribution in [0.5, 0.6) is 0 Å². The number of hydrogen-bond acceptors (Lipinski definition) is 2. The molecule has 1 unspecified atom stereocenters. The van der Waals surface area contributed by atoms with Gasteiger partial charge >= 0.3 is 0 Å². The van der Waals surface area contributed by atoms with Crippen LogP contribution in [0, 0.1) is 5.92 Å². The summed E-state index contributed by atoms with van der Waals surface area (Å²) < 4.78 is 0. The first-order valence-corrected chi connectivity index (χ1v) is 6.01. The number of amides is 1. The fraction of sp³-hybridized carbons (Fsp3) is 0.667. The van der Waals surface area contributed by atoms with Crippen LogP contribution in [0.1, 0.15) is 46.0 Å². The Morgan fingerprint density at radius 1 is 1.56 bits per heavy atom. The van der Waals surface area contributed by atoms with Gasteiger partial charge in [-0.15, -0.1) is 0 Å². The van der Waals surface area contributed by atoms with Gasteiger partial charge in [-0.1, -0.05) is 33.1 Å². The molecule has 1 aromatic heterocycles. The number of rotatable bonds is 7. The van der Waals surface area contributed by atoms with Crippen molar-refractivity contribution in [3.63, 3.8) is 0 Å². The predicted octanol–water partition coefficient (Wildman–Crippen LogP) is 2.95. The van der Waals surface area contributed by atoms with Crippen LogP contribution in [-0.4, -0.2) is 15.9 Å². The second-order valence-electron chi connectivity index (χ2n) is 4.27. The van der Waals surface area contributed by atoms with Crippen LogP contribution in [0.25, 0.3) is 0 Å². The lowest BCUT2D eigenvalue weighted by Gasteiger charge is -2.09. The summed E-state index contributed by atoms with van der Waals surface area (Å²) in [7, 11) is 0. The lowest BCUT2D eigenvalue weighted by atomic mass is 9.99. The SMILES string of the molecule is CCCCC(C)CCC(=O)Nc1ncc[nH]1. The van der Waals surface area contributed by atoms with Gasteiger partial charge in [0.05, 0.1) is 0 Å². The predicted molar refractivity (Wildman–Crippen MR) is 65.1 cm³/mol. The van der Waals surface area contributed by atoms with Crippen LogP contribution < -0.4 is 5.32 Å². The Labute approximate surface area is 96.9 Å². The molecule has 1 aromatic rings. The zero-order valence-corrected chi connectivity index (χ0v) is 10.1. The van der Waals surface area contributed by atoms with Gasteiger partial charge in [0, 0.05) is 18.8 Å². The van der Waals surface area contributed by atoms with Crippen molar-refractivity contribution < 1.29 is 4.79 Å². The minimum Gasteiger partial charge on any atom is -0.331 e. The van der Waals surface area contributed by atoms with Crippen molar-refractivity contribution in [3.8, 4) is 0 Å². The molecule has 1 atom stereocenters. The summed E-state index contributed by atoms with van der Waals surface area (Å²) >= 11 is 0. The summed E-state index contributed by atoms with van der Waals surface area (Å²) in [6, 6.07) is 0. The molecule has 1 amide bonds. The summed E-state index contributed by atoms with van der Waals surface area (Å²) in [5.41, 5.74) is 0. The number of aromatic nitrogens is 2. The smallest absolute Gasteiger partial charge is 0.226 e. The zero-order chi connectivity index (χ0) is 11.8. The Balaban J connectivity index is 2.15. The van der Waals surface area contributed by atoms with E-state index in [1.807, 2.05) is 0 Å². The van der Waals surface area contributed by atoms with E-state index in [-0.39, 0.29) is 5.91 Å². The van der Waals surface area contributed by atoms with Crippen LogP contribution >= 0.6 is 0 Å². The van der Waals surface area contributed by atoms with Gasteiger partial charge in [0.2, 0.25) is 11.9 Å². The Bertz CT molecular complexity index is 295. The lowest BCUT2D eigenvalue weighted by Crippen LogP contribution is -2.13. The number of nitrogens with one attached hydrogen (secondary N) is 2. The van der Waals surface area contributed by atoms with Crippen molar-refractivity contribution in [1.82, 2.24) is 9.97 Å². The van der Waals surface area contributed by atoms with Crippen LogP contribution in [0.2, 0.25) is 0 Å². The maximum absolute atomic E-state index is 11.5. The number of hydrogen-bond donors (Lipinski definition) is 2. The molecule has 0 radical (unpaired) electrons. The van der Waals surface area contributed by atoms with Crippen molar-refractivity contribution in [2.75, 3.05) is 5.32 Å². The maximum atomic E-state index is 11.5. The van der Waals surface area contributed by atoms with Crippen LogP contribution in [0.15, 0.2) is 12.4 Å². The highest BCUT2D eigenvalue weighted by atomic mass is 16.1. The molecule has 0 aliphatic rings. The van der Waals surface area contributed by atoms with Crippen molar-refractivity contribution >= 4 is 11.9 Å². The second-order valence-corrected chi connectivity index (χ2v) is 4.27. The maximum Gasteiger partial charge on any atom is 0.226 e. The van der Waals surface area contributed by atoms with Gasteiger partial charge in [-0.05, 0) is 12.3 Å². The van der Waals surface area contributed by atoms with Crippen LogP contribution in [-0.2, 0) is 4.79 Å². The molecule has 0 spiro atoms. The van der Waals surface area contributed by atoms with E-state index in [1.54, 1.807) is 12.4 Å². The molecule has 1 heterocycles. The molecule has 1 rings (SSSR count). The lowest BCUT2D eigenvalue weighted by molar-refractivity contribution is -0.116. The summed E-state index contributed by atoms with van der Waals surface area (Å²) in [6.45, 7) is 4.40. The number of carbonyl (C=O) groups is 1. The van der Waals surface area contributed by atoms with Crippen LogP contribution in [0.3, 0.4) is 0 Å². The number of H-pyrrole nitrogens is 1. The number of anilines is 1. The molecule has 90 valence electrons. The zero-order valence-electron chi connectivity index (χ0n) is 10.1. The molecular weight excluding hydrogens is 202 g/mol. The molecule has 0 aliphatic heterocycles. The topological polar surface area (TPSA) is 57.8 Å². The van der Waals surface area contributed by atoms with Crippen LogP contribution in [0.4, 0.5) is 5.95 Å². The third-order valence-electron chi connectivity index (χ3n) is 2.67. The first-order chi connectivity index (χ1) is 7.72. The molecule has 2 N–H and O–H groups in total. The molecule has 16 heavy (non-hydrogen) atoms. The van der Waals surface area contributed by atoms with Crippen molar-refractivity contribution in [1.29, 1.82) is 0 Å². The molecule has 4 heteroatoms. The average molecular weight is 223 g/mol. The van der Waals surface area contributed by atoms with E-state index in [0.29, 0.717) is 18.3 Å². The summed E-state index contributed by atoms with van der Waals surface area (Å²) in [5, 5.41) is 2.73. The molecular formula is C12H21N3O. The summed E-state index contributed by atoms with van der Waals surface area (Å²) in [6.07, 6.45) is 8.53. The molecule has 0 saturated heterocycles. The molecule has 0 fully saturated rings. The molecule has 0 aliphatic carbocycles. The third-order valence-corrected chi connectivity index (χ3v) is 2.67. The van der Waals surface area contributed by atoms with Gasteiger partial charge in [-0.2, -0.15) is 0 Å². The normalized spacial score (nSPS) is 12.4. The number of carbonyl (C=O) groups excluding carboxylic acids is 1. The van der Waals surface area contributed by atoms with Crippen molar-refractivity contribution in [2.24, 2.45) is 5.92 Å². The number of aromatic amines is 1. The first kappa shape index (κ1) is 12.7. The highest BCUT2D eigenvalue weighted by Gasteiger charge is 2.07. The van der Waals surface area contributed by atoms with Crippen molar-refractivity contribution in [3.05, 3.63) is 12.4 Å². The highest BCUT2D eigenvalue weighted by molar-refractivity contribution is 5.88. The number of nitrogens with zero attached hydrogens (tertiary/aromatic N) is 1. The Kier molecular flexibility index (Phi) is 5.61. The largest absolute Gasteiger partial charge is 0.331 e. The Morgan fingerprint density at radius 3 is 3.00 bits per heavy atom. The monoisotopic (exact) mass is 223 g/mol. The van der Waals surface area contributed by atoms with Gasteiger partial charge < -0.3 is 4.98 Å². The third kappa shape index (κ3) is 4.96. The number of imidazole rings is 1. The van der Waals surface area contributed by atoms with E-state index in [0.717, 1.165) is 6.42 Å². The Morgan fingerprint density at radius 2 is 2.38 bits per heavy atom. The molecule has 4 nitrogen and oxygen atoms in total. The minimum absolute atomic E-state index is 0.0401. The van der Waals surface area contributed by atoms with Gasteiger partial charge in [0.25, 0.3) is 0 Å². The Hall–Kier alpha value is -1.32. The minimum atomic E-state index is 0.0401. The first-order valence-electron chi connectivity index (χ1n) is 6.01. The van der Waals surface area contributed by atoms with Gasteiger partial charge in [-0.3, -0.25) is 10.1 Å². The molecule has 0 saturated carbocycles. The number of unbranched alkanes of at least 4 members (excludes halogenated alkanes) is 1. The van der Waals surface area contributed by atoms with E-state index in [2.05, 4.69) is 29.1 Å². The van der Waals surface area contributed by atoms with E-state index in [9.17, 15) is 4.79 Å². The standard InChI is InChI=1S/C12H21N3O/c1-3-4-5-10(2)6-7-11(16)15-12-13-8-9-14-12/h8-10H,3-7H2,1-2H3,(H2,13,14,15,16). The highest BCUT2D eigenvalue weighted by Crippen LogP contribution is 2.14.